The van der Waals surface area contributed by atoms with Gasteiger partial charge in [0.25, 0.3) is 0 Å². The summed E-state index contributed by atoms with van der Waals surface area (Å²) in [5.74, 6) is -1.02. The Kier molecular flexibility index (Phi) is 54.0. The molecule has 1 unspecified atom stereocenters. The summed E-state index contributed by atoms with van der Waals surface area (Å²) in [6.07, 6.45) is 82.5. The smallest absolute Gasteiger partial charge is 0.306 e. The summed E-state index contributed by atoms with van der Waals surface area (Å²) in [7, 11) is 0. The van der Waals surface area contributed by atoms with Gasteiger partial charge in [-0.25, -0.2) is 0 Å². The molecule has 0 saturated heterocycles. The highest BCUT2D eigenvalue weighted by Gasteiger charge is 2.19. The highest BCUT2D eigenvalue weighted by atomic mass is 16.6. The SMILES string of the molecule is CC\C=C/C=C\C=C/C=C\C=C\C=C/C=C\CCCCCC(=O)OCC(COC(=O)CCCCC/C=C\C=C/CCCCCCCCC)OC(=O)CCCCCCC\C=C/C=C\C=C/CCCCCCC. The number of hydrogen-bond donors (Lipinski definition) is 0. The minimum Gasteiger partial charge on any atom is -0.462 e. The van der Waals surface area contributed by atoms with Gasteiger partial charge in [-0.1, -0.05) is 263 Å². The number of carbonyl (C=O) groups is 3. The second kappa shape index (κ2) is 57.9. The fraction of sp³-hybridized carbons (Fsp3) is 0.585. The average Bonchev–Trinajstić information content (AvgIpc) is 3.37. The van der Waals surface area contributed by atoms with E-state index in [1.807, 2.05) is 72.9 Å². The van der Waals surface area contributed by atoms with Gasteiger partial charge < -0.3 is 14.2 Å². The van der Waals surface area contributed by atoms with Crippen LogP contribution in [-0.4, -0.2) is 37.2 Å². The van der Waals surface area contributed by atoms with Gasteiger partial charge >= 0.3 is 17.9 Å². The van der Waals surface area contributed by atoms with Crippen LogP contribution in [-0.2, 0) is 28.6 Å². The van der Waals surface area contributed by atoms with Crippen LogP contribution < -0.4 is 0 Å². The van der Waals surface area contributed by atoms with Gasteiger partial charge in [-0.05, 0) is 89.9 Å². The first-order valence-corrected chi connectivity index (χ1v) is 28.5. The lowest BCUT2D eigenvalue weighted by Crippen LogP contribution is -2.30. The van der Waals surface area contributed by atoms with Crippen LogP contribution in [0.4, 0.5) is 0 Å². The second-order valence-corrected chi connectivity index (χ2v) is 18.4. The summed E-state index contributed by atoms with van der Waals surface area (Å²) in [5.41, 5.74) is 0. The molecular formula is C65H102O6. The highest BCUT2D eigenvalue weighted by Crippen LogP contribution is 2.13. The van der Waals surface area contributed by atoms with Gasteiger partial charge in [0.2, 0.25) is 0 Å². The molecule has 6 heteroatoms. The van der Waals surface area contributed by atoms with Crippen molar-refractivity contribution in [2.75, 3.05) is 13.2 Å². The predicted octanol–water partition coefficient (Wildman–Crippen LogP) is 19.2. The standard InChI is InChI=1S/C65H102O6/c1-4-7-10-13-16-19-22-25-28-31-33-35-37-40-43-46-49-52-55-58-64(67)70-61-62(60-69-63(66)57-54-51-48-45-42-39-36-30-27-24-21-18-15-12-9-6-3)71-65(68)59-56-53-50-47-44-41-38-34-32-29-26-23-20-17-14-11-8-5-2/h7,10,13,16,19,22-23,25-26,28-40,42-43,62H,4-6,8-9,11-12,14-15,17-18,20-21,24,27,41,44-61H2,1-3H3/b10-7-,16-13-,22-19-,26-23-,28-25-,32-29-,33-31+,36-30-,37-35-,38-34-,42-39-,43-40-. The van der Waals surface area contributed by atoms with E-state index in [4.69, 9.17) is 14.2 Å². The van der Waals surface area contributed by atoms with Crippen LogP contribution >= 0.6 is 0 Å². The molecule has 0 aliphatic rings. The molecule has 0 aliphatic carbocycles. The number of rotatable bonds is 49. The molecular weight excluding hydrogens is 877 g/mol. The predicted molar refractivity (Wildman–Crippen MR) is 306 cm³/mol. The average molecular weight is 980 g/mol. The molecule has 0 saturated carbocycles. The maximum Gasteiger partial charge on any atom is 0.306 e. The quantitative estimate of drug-likeness (QED) is 0.0262. The van der Waals surface area contributed by atoms with Crippen molar-refractivity contribution >= 4 is 17.9 Å². The first kappa shape index (κ1) is 66.3. The number of carbonyl (C=O) groups excluding carboxylic acids is 3. The van der Waals surface area contributed by atoms with E-state index in [0.29, 0.717) is 12.8 Å². The van der Waals surface area contributed by atoms with Gasteiger partial charge in [0.1, 0.15) is 13.2 Å². The topological polar surface area (TPSA) is 78.9 Å². The molecule has 0 radical (unpaired) electrons. The van der Waals surface area contributed by atoms with Crippen LogP contribution in [0.15, 0.2) is 146 Å². The first-order chi connectivity index (χ1) is 35.0. The van der Waals surface area contributed by atoms with E-state index in [1.54, 1.807) is 0 Å². The van der Waals surface area contributed by atoms with Crippen LogP contribution in [0.2, 0.25) is 0 Å². The fourth-order valence-electron chi connectivity index (χ4n) is 7.30. The summed E-state index contributed by atoms with van der Waals surface area (Å²) in [4.78, 5) is 38.2. The molecule has 0 bridgehead atoms. The van der Waals surface area contributed by atoms with Crippen molar-refractivity contribution in [3.63, 3.8) is 0 Å². The van der Waals surface area contributed by atoms with Crippen molar-refractivity contribution in [3.8, 4) is 0 Å². The second-order valence-electron chi connectivity index (χ2n) is 18.4. The lowest BCUT2D eigenvalue weighted by Gasteiger charge is -2.18. The Bertz CT molecular complexity index is 1590. The molecule has 398 valence electrons. The molecule has 6 nitrogen and oxygen atoms in total. The van der Waals surface area contributed by atoms with E-state index in [0.717, 1.165) is 103 Å². The zero-order valence-corrected chi connectivity index (χ0v) is 45.4. The van der Waals surface area contributed by atoms with Crippen molar-refractivity contribution in [1.29, 1.82) is 0 Å². The highest BCUT2D eigenvalue weighted by molar-refractivity contribution is 5.71. The largest absolute Gasteiger partial charge is 0.462 e. The maximum atomic E-state index is 12.9. The summed E-state index contributed by atoms with van der Waals surface area (Å²) >= 11 is 0. The summed E-state index contributed by atoms with van der Waals surface area (Å²) in [6.45, 7) is 6.38. The normalized spacial score (nSPS) is 13.2. The van der Waals surface area contributed by atoms with E-state index >= 15 is 0 Å². The van der Waals surface area contributed by atoms with Crippen molar-refractivity contribution in [1.82, 2.24) is 0 Å². The Morgan fingerprint density at radius 3 is 0.887 bits per heavy atom. The molecule has 0 heterocycles. The zero-order chi connectivity index (χ0) is 51.4. The summed E-state index contributed by atoms with van der Waals surface area (Å²) in [6, 6.07) is 0. The van der Waals surface area contributed by atoms with Gasteiger partial charge in [0.05, 0.1) is 0 Å². The first-order valence-electron chi connectivity index (χ1n) is 28.5. The Labute approximate surface area is 436 Å². The minimum absolute atomic E-state index is 0.121. The molecule has 0 amide bonds. The lowest BCUT2D eigenvalue weighted by molar-refractivity contribution is -0.167. The number of esters is 3. The van der Waals surface area contributed by atoms with E-state index in [1.165, 1.54) is 77.0 Å². The number of hydrogen-bond acceptors (Lipinski definition) is 6. The van der Waals surface area contributed by atoms with Gasteiger partial charge in [0, 0.05) is 19.3 Å². The molecule has 0 N–H and O–H groups in total. The van der Waals surface area contributed by atoms with E-state index in [2.05, 4.69) is 93.7 Å². The molecule has 0 rings (SSSR count). The Morgan fingerprint density at radius 2 is 0.549 bits per heavy atom. The molecule has 0 aromatic rings. The van der Waals surface area contributed by atoms with E-state index in [-0.39, 0.29) is 44.0 Å². The molecule has 0 aromatic heterocycles. The van der Waals surface area contributed by atoms with Gasteiger partial charge in [0.15, 0.2) is 6.10 Å². The lowest BCUT2D eigenvalue weighted by atomic mass is 10.1. The third-order valence-corrected chi connectivity index (χ3v) is 11.6. The molecule has 0 aromatic carbocycles. The van der Waals surface area contributed by atoms with Crippen molar-refractivity contribution in [3.05, 3.63) is 146 Å². The zero-order valence-electron chi connectivity index (χ0n) is 45.4. The maximum absolute atomic E-state index is 12.9. The van der Waals surface area contributed by atoms with Crippen LogP contribution in [0.3, 0.4) is 0 Å². The molecule has 71 heavy (non-hydrogen) atoms. The Morgan fingerprint density at radius 1 is 0.296 bits per heavy atom. The number of unbranched alkanes of at least 4 members (excludes halogenated alkanes) is 23. The fourth-order valence-corrected chi connectivity index (χ4v) is 7.30. The number of ether oxygens (including phenoxy) is 3. The van der Waals surface area contributed by atoms with Crippen molar-refractivity contribution < 1.29 is 28.6 Å². The van der Waals surface area contributed by atoms with Crippen molar-refractivity contribution in [2.45, 2.75) is 232 Å². The minimum atomic E-state index is -0.826. The molecule has 0 fully saturated rings. The summed E-state index contributed by atoms with van der Waals surface area (Å²) in [5, 5.41) is 0. The van der Waals surface area contributed by atoms with Crippen LogP contribution in [0.5, 0.6) is 0 Å². The molecule has 0 spiro atoms. The van der Waals surface area contributed by atoms with E-state index in [9.17, 15) is 14.4 Å². The number of allylic oxidation sites excluding steroid dienone is 24. The monoisotopic (exact) mass is 979 g/mol. The molecule has 0 aliphatic heterocycles. The van der Waals surface area contributed by atoms with Crippen LogP contribution in [0.25, 0.3) is 0 Å². The van der Waals surface area contributed by atoms with Crippen molar-refractivity contribution in [2.24, 2.45) is 0 Å². The van der Waals surface area contributed by atoms with Gasteiger partial charge in [-0.3, -0.25) is 14.4 Å². The third-order valence-electron chi connectivity index (χ3n) is 11.6. The summed E-state index contributed by atoms with van der Waals surface area (Å²) < 4.78 is 16.8. The third kappa shape index (κ3) is 56.1. The Hall–Kier alpha value is -4.71. The Balaban J connectivity index is 4.61. The van der Waals surface area contributed by atoms with E-state index < -0.39 is 6.10 Å². The molecule has 1 atom stereocenters. The van der Waals surface area contributed by atoms with Crippen LogP contribution in [0.1, 0.15) is 226 Å². The van der Waals surface area contributed by atoms with Crippen LogP contribution in [0, 0.1) is 0 Å². The van der Waals surface area contributed by atoms with Gasteiger partial charge in [-0.15, -0.1) is 0 Å². The van der Waals surface area contributed by atoms with Gasteiger partial charge in [-0.2, -0.15) is 0 Å².